The minimum absolute atomic E-state index is 0.346. The molecule has 0 unspecified atom stereocenters. The van der Waals surface area contributed by atoms with Gasteiger partial charge in [0.15, 0.2) is 0 Å². The van der Waals surface area contributed by atoms with Crippen LogP contribution in [0.3, 0.4) is 0 Å². The molecule has 1 atom stereocenters. The van der Waals surface area contributed by atoms with E-state index in [2.05, 4.69) is 10.5 Å². The zero-order valence-corrected chi connectivity index (χ0v) is 18.9. The molecule has 0 aromatic heterocycles. The van der Waals surface area contributed by atoms with Crippen LogP contribution in [0.4, 0.5) is 5.69 Å². The third-order valence-corrected chi connectivity index (χ3v) is 5.83. The van der Waals surface area contributed by atoms with E-state index in [1.54, 1.807) is 24.3 Å². The fraction of sp³-hybridized carbons (Fsp3) is 0.167. The first-order valence-electron chi connectivity index (χ1n) is 9.96. The number of hydrogen-bond donors (Lipinski definition) is 1. The Morgan fingerprint density at radius 3 is 2.28 bits per heavy atom. The number of carbonyl (C=O) groups is 1. The van der Waals surface area contributed by atoms with Crippen molar-refractivity contribution in [2.75, 3.05) is 10.6 Å². The maximum Gasteiger partial charge on any atom is 0.263 e. The predicted molar refractivity (Wildman–Crippen MR) is 127 cm³/mol. The molecule has 0 fully saturated rings. The molecule has 7 nitrogen and oxygen atoms in total. The molecule has 3 rings (SSSR count). The van der Waals surface area contributed by atoms with Gasteiger partial charge in [-0.3, -0.25) is 9.10 Å². The number of amides is 1. The fourth-order valence-corrected chi connectivity index (χ4v) is 4.28. The Labute approximate surface area is 188 Å². The second-order valence-corrected chi connectivity index (χ2v) is 9.15. The Balaban J connectivity index is 1.73. The van der Waals surface area contributed by atoms with E-state index in [0.717, 1.165) is 21.7 Å². The van der Waals surface area contributed by atoms with Crippen LogP contribution in [0.5, 0.6) is 11.5 Å². The van der Waals surface area contributed by atoms with Crippen LogP contribution in [0.1, 0.15) is 18.1 Å². The van der Waals surface area contributed by atoms with E-state index in [0.29, 0.717) is 17.2 Å². The molecule has 0 aliphatic carbocycles. The lowest BCUT2D eigenvalue weighted by Crippen LogP contribution is -2.46. The highest BCUT2D eigenvalue weighted by atomic mass is 32.2. The summed E-state index contributed by atoms with van der Waals surface area (Å²) < 4.78 is 31.7. The van der Waals surface area contributed by atoms with E-state index in [1.807, 2.05) is 61.5 Å². The summed E-state index contributed by atoms with van der Waals surface area (Å²) in [7, 11) is -3.74. The van der Waals surface area contributed by atoms with Gasteiger partial charge in [0, 0.05) is 0 Å². The molecule has 0 spiro atoms. The quantitative estimate of drug-likeness (QED) is 0.413. The van der Waals surface area contributed by atoms with Gasteiger partial charge in [-0.2, -0.15) is 5.10 Å². The molecule has 1 amide bonds. The van der Waals surface area contributed by atoms with E-state index in [9.17, 15) is 13.2 Å². The number of ether oxygens (including phenoxy) is 1. The molecule has 166 valence electrons. The van der Waals surface area contributed by atoms with Gasteiger partial charge in [-0.15, -0.1) is 0 Å². The molecule has 0 heterocycles. The molecule has 0 saturated carbocycles. The van der Waals surface area contributed by atoms with Crippen molar-refractivity contribution in [1.82, 2.24) is 5.43 Å². The molecule has 1 N–H and O–H groups in total. The van der Waals surface area contributed by atoms with Gasteiger partial charge in [-0.1, -0.05) is 48.0 Å². The Morgan fingerprint density at radius 1 is 1.00 bits per heavy atom. The SMILES string of the molecule is Cc1cccc(/C=N\NC(=O)[C@@H](C)N(c2ccc(Oc3ccccc3)cc2)S(C)(=O)=O)c1. The topological polar surface area (TPSA) is 88.1 Å². The third-order valence-electron chi connectivity index (χ3n) is 4.59. The second-order valence-electron chi connectivity index (χ2n) is 7.29. The molecule has 0 bridgehead atoms. The smallest absolute Gasteiger partial charge is 0.263 e. The molecule has 0 radical (unpaired) electrons. The van der Waals surface area contributed by atoms with Crippen LogP contribution < -0.4 is 14.5 Å². The van der Waals surface area contributed by atoms with Crippen LogP contribution in [0, 0.1) is 6.92 Å². The molecule has 0 aliphatic heterocycles. The van der Waals surface area contributed by atoms with Gasteiger partial charge in [-0.05, 0) is 55.8 Å². The third kappa shape index (κ3) is 6.18. The second kappa shape index (κ2) is 10.1. The zero-order valence-electron chi connectivity index (χ0n) is 18.1. The molecule has 3 aromatic carbocycles. The number of rotatable bonds is 8. The zero-order chi connectivity index (χ0) is 23.1. The van der Waals surface area contributed by atoms with Crippen molar-refractivity contribution in [2.45, 2.75) is 19.9 Å². The van der Waals surface area contributed by atoms with E-state index in [1.165, 1.54) is 13.1 Å². The molecule has 3 aromatic rings. The summed E-state index contributed by atoms with van der Waals surface area (Å²) in [5, 5.41) is 3.96. The maximum absolute atomic E-state index is 12.6. The average Bonchev–Trinajstić information content (AvgIpc) is 2.75. The first-order valence-corrected chi connectivity index (χ1v) is 11.8. The standard InChI is InChI=1S/C24H25N3O4S/c1-18-8-7-9-20(16-18)17-25-26-24(28)19(2)27(32(3,29)30)21-12-14-23(15-13-21)31-22-10-5-4-6-11-22/h4-17,19H,1-3H3,(H,26,28)/b25-17-/t19-/m1/s1. The summed E-state index contributed by atoms with van der Waals surface area (Å²) in [5.41, 5.74) is 4.65. The number of anilines is 1. The fourth-order valence-electron chi connectivity index (χ4n) is 3.11. The number of aryl methyl sites for hydroxylation is 1. The molecular weight excluding hydrogens is 426 g/mol. The molecule has 8 heteroatoms. The van der Waals surface area contributed by atoms with Gasteiger partial charge in [-0.25, -0.2) is 13.8 Å². The van der Waals surface area contributed by atoms with Crippen molar-refractivity contribution >= 4 is 27.8 Å². The first kappa shape index (κ1) is 23.0. The van der Waals surface area contributed by atoms with Crippen LogP contribution in [0.15, 0.2) is 84.0 Å². The summed E-state index contributed by atoms with van der Waals surface area (Å²) in [5.74, 6) is 0.664. The number of carbonyl (C=O) groups excluding carboxylic acids is 1. The van der Waals surface area contributed by atoms with E-state index < -0.39 is 22.0 Å². The Kier molecular flexibility index (Phi) is 7.27. The van der Waals surface area contributed by atoms with E-state index in [-0.39, 0.29) is 0 Å². The normalized spacial score (nSPS) is 12.3. The van der Waals surface area contributed by atoms with Gasteiger partial charge in [0.25, 0.3) is 5.91 Å². The summed E-state index contributed by atoms with van der Waals surface area (Å²) in [6.45, 7) is 3.46. The van der Waals surface area contributed by atoms with Gasteiger partial charge < -0.3 is 4.74 Å². The number of sulfonamides is 1. The van der Waals surface area contributed by atoms with E-state index >= 15 is 0 Å². The summed E-state index contributed by atoms with van der Waals surface area (Å²) in [6.07, 6.45) is 2.57. The lowest BCUT2D eigenvalue weighted by atomic mass is 10.2. The van der Waals surface area contributed by atoms with Crippen LogP contribution in [0.25, 0.3) is 0 Å². The number of hydrogen-bond acceptors (Lipinski definition) is 5. The lowest BCUT2D eigenvalue weighted by Gasteiger charge is -2.27. The predicted octanol–water partition coefficient (Wildman–Crippen LogP) is 4.09. The van der Waals surface area contributed by atoms with Crippen molar-refractivity contribution in [3.8, 4) is 11.5 Å². The largest absolute Gasteiger partial charge is 0.457 e. The lowest BCUT2D eigenvalue weighted by molar-refractivity contribution is -0.121. The Bertz CT molecular complexity index is 1190. The number of para-hydroxylation sites is 1. The van der Waals surface area contributed by atoms with Crippen molar-refractivity contribution in [1.29, 1.82) is 0 Å². The summed E-state index contributed by atoms with van der Waals surface area (Å²) in [4.78, 5) is 12.6. The number of nitrogens with one attached hydrogen (secondary N) is 1. The van der Waals surface area contributed by atoms with Crippen LogP contribution >= 0.6 is 0 Å². The number of hydrazone groups is 1. The highest BCUT2D eigenvalue weighted by Gasteiger charge is 2.29. The number of benzene rings is 3. The van der Waals surface area contributed by atoms with Crippen molar-refractivity contribution in [2.24, 2.45) is 5.10 Å². The Morgan fingerprint density at radius 2 is 1.66 bits per heavy atom. The van der Waals surface area contributed by atoms with E-state index in [4.69, 9.17) is 4.74 Å². The average molecular weight is 452 g/mol. The van der Waals surface area contributed by atoms with Gasteiger partial charge >= 0.3 is 0 Å². The van der Waals surface area contributed by atoms with Crippen molar-refractivity contribution in [3.05, 3.63) is 90.0 Å². The van der Waals surface area contributed by atoms with Gasteiger partial charge in [0.2, 0.25) is 10.0 Å². The summed E-state index contributed by atoms with van der Waals surface area (Å²) in [6, 6.07) is 22.3. The maximum atomic E-state index is 12.6. The van der Waals surface area contributed by atoms with Crippen LogP contribution in [-0.4, -0.2) is 32.8 Å². The first-order chi connectivity index (χ1) is 15.2. The van der Waals surface area contributed by atoms with Gasteiger partial charge in [0.05, 0.1) is 18.2 Å². The minimum atomic E-state index is -3.74. The minimum Gasteiger partial charge on any atom is -0.457 e. The van der Waals surface area contributed by atoms with Crippen LogP contribution in [0.2, 0.25) is 0 Å². The highest BCUT2D eigenvalue weighted by Crippen LogP contribution is 2.26. The van der Waals surface area contributed by atoms with Gasteiger partial charge in [0.1, 0.15) is 17.5 Å². The Hall–Kier alpha value is -3.65. The monoisotopic (exact) mass is 451 g/mol. The van der Waals surface area contributed by atoms with Crippen molar-refractivity contribution in [3.63, 3.8) is 0 Å². The molecular formula is C24H25N3O4S. The molecule has 0 aliphatic rings. The highest BCUT2D eigenvalue weighted by molar-refractivity contribution is 7.92. The summed E-state index contributed by atoms with van der Waals surface area (Å²) >= 11 is 0. The molecule has 32 heavy (non-hydrogen) atoms. The number of nitrogens with zero attached hydrogens (tertiary/aromatic N) is 2. The molecule has 0 saturated heterocycles. The van der Waals surface area contributed by atoms with Crippen LogP contribution in [-0.2, 0) is 14.8 Å². The van der Waals surface area contributed by atoms with Crippen molar-refractivity contribution < 1.29 is 17.9 Å².